The molecule has 0 aromatic heterocycles. The molecule has 6 heteroatoms. The Morgan fingerprint density at radius 1 is 0.906 bits per heavy atom. The molecule has 0 heterocycles. The van der Waals surface area contributed by atoms with Crippen LogP contribution in [0, 0.1) is 6.92 Å². The van der Waals surface area contributed by atoms with Crippen LogP contribution in [-0.2, 0) is 10.0 Å². The molecule has 0 aliphatic carbocycles. The molecule has 0 saturated carbocycles. The highest BCUT2D eigenvalue weighted by atomic mass is 32.2. The fourth-order valence-electron chi connectivity index (χ4n) is 3.64. The Balaban J connectivity index is 1.96. The number of fused-ring (bicyclic) bond motifs is 1. The molecule has 3 aromatic rings. The Kier molecular flexibility index (Phi) is 7.85. The first-order valence-electron chi connectivity index (χ1n) is 10.6. The Morgan fingerprint density at radius 3 is 2.16 bits per heavy atom. The monoisotopic (exact) mass is 450 g/mol. The SMILES string of the molecule is C=CCN(CC=C)CC(O)CN(c1ccc(C)cc1)S(=O)(=O)c1ccc2ccccc2c1. The highest BCUT2D eigenvalue weighted by molar-refractivity contribution is 7.92. The summed E-state index contributed by atoms with van der Waals surface area (Å²) in [6, 6.07) is 20.0. The van der Waals surface area contributed by atoms with Gasteiger partial charge in [0, 0.05) is 19.6 Å². The summed E-state index contributed by atoms with van der Waals surface area (Å²) in [5.74, 6) is 0. The summed E-state index contributed by atoms with van der Waals surface area (Å²) in [6.45, 7) is 10.8. The average molecular weight is 451 g/mol. The van der Waals surface area contributed by atoms with Crippen LogP contribution in [0.25, 0.3) is 10.8 Å². The van der Waals surface area contributed by atoms with E-state index in [1.807, 2.05) is 54.3 Å². The van der Waals surface area contributed by atoms with Crippen molar-refractivity contribution in [2.75, 3.05) is 30.5 Å². The predicted molar refractivity (Wildman–Crippen MR) is 132 cm³/mol. The van der Waals surface area contributed by atoms with E-state index in [1.165, 1.54) is 4.31 Å². The van der Waals surface area contributed by atoms with Crippen LogP contribution in [-0.4, -0.2) is 50.7 Å². The van der Waals surface area contributed by atoms with Crippen LogP contribution >= 0.6 is 0 Å². The van der Waals surface area contributed by atoms with Gasteiger partial charge in [-0.1, -0.05) is 60.2 Å². The van der Waals surface area contributed by atoms with Gasteiger partial charge in [-0.05, 0) is 42.0 Å². The molecule has 0 aliphatic heterocycles. The summed E-state index contributed by atoms with van der Waals surface area (Å²) >= 11 is 0. The van der Waals surface area contributed by atoms with Gasteiger partial charge in [0.2, 0.25) is 0 Å². The van der Waals surface area contributed by atoms with Crippen LogP contribution in [0.1, 0.15) is 5.56 Å². The normalized spacial score (nSPS) is 12.6. The van der Waals surface area contributed by atoms with E-state index >= 15 is 0 Å². The van der Waals surface area contributed by atoms with Crippen molar-refractivity contribution in [3.8, 4) is 0 Å². The van der Waals surface area contributed by atoms with Crippen molar-refractivity contribution in [2.24, 2.45) is 0 Å². The van der Waals surface area contributed by atoms with Crippen molar-refractivity contribution in [3.63, 3.8) is 0 Å². The van der Waals surface area contributed by atoms with Gasteiger partial charge in [-0.15, -0.1) is 13.2 Å². The van der Waals surface area contributed by atoms with Crippen molar-refractivity contribution in [3.05, 3.63) is 97.6 Å². The predicted octanol–water partition coefficient (Wildman–Crippen LogP) is 4.38. The van der Waals surface area contributed by atoms with Crippen molar-refractivity contribution in [2.45, 2.75) is 17.9 Å². The second kappa shape index (κ2) is 10.6. The van der Waals surface area contributed by atoms with Gasteiger partial charge in [0.1, 0.15) is 0 Å². The molecule has 0 aliphatic rings. The van der Waals surface area contributed by atoms with Gasteiger partial charge in [-0.2, -0.15) is 0 Å². The van der Waals surface area contributed by atoms with Crippen LogP contribution < -0.4 is 4.31 Å². The summed E-state index contributed by atoms with van der Waals surface area (Å²) in [5, 5.41) is 12.6. The summed E-state index contributed by atoms with van der Waals surface area (Å²) < 4.78 is 28.7. The second-order valence-corrected chi connectivity index (χ2v) is 9.69. The van der Waals surface area contributed by atoms with E-state index in [0.29, 0.717) is 25.3 Å². The topological polar surface area (TPSA) is 60.9 Å². The molecule has 3 rings (SSSR count). The zero-order valence-corrected chi connectivity index (χ0v) is 19.2. The first-order chi connectivity index (χ1) is 15.3. The smallest absolute Gasteiger partial charge is 0.264 e. The van der Waals surface area contributed by atoms with E-state index in [1.54, 1.807) is 36.4 Å². The third-order valence-electron chi connectivity index (χ3n) is 5.25. The quantitative estimate of drug-likeness (QED) is 0.441. The van der Waals surface area contributed by atoms with Gasteiger partial charge in [0.25, 0.3) is 10.0 Å². The number of aryl methyl sites for hydroxylation is 1. The summed E-state index contributed by atoms with van der Waals surface area (Å²) in [6.07, 6.45) is 2.60. The van der Waals surface area contributed by atoms with Gasteiger partial charge in [-0.3, -0.25) is 9.21 Å². The number of hydrogen-bond acceptors (Lipinski definition) is 4. The Morgan fingerprint density at radius 2 is 1.53 bits per heavy atom. The summed E-state index contributed by atoms with van der Waals surface area (Å²) in [7, 11) is -3.90. The zero-order chi connectivity index (χ0) is 23.1. The van der Waals surface area contributed by atoms with Crippen LogP contribution in [0.3, 0.4) is 0 Å². The summed E-state index contributed by atoms with van der Waals surface area (Å²) in [5.41, 5.74) is 1.54. The molecule has 3 aromatic carbocycles. The molecular formula is C26H30N2O3S. The lowest BCUT2D eigenvalue weighted by Gasteiger charge is -2.29. The number of hydrogen-bond donors (Lipinski definition) is 1. The van der Waals surface area contributed by atoms with Crippen molar-refractivity contribution < 1.29 is 13.5 Å². The fraction of sp³-hybridized carbons (Fsp3) is 0.231. The molecule has 1 unspecified atom stereocenters. The molecule has 32 heavy (non-hydrogen) atoms. The maximum Gasteiger partial charge on any atom is 0.264 e. The molecule has 0 saturated heterocycles. The zero-order valence-electron chi connectivity index (χ0n) is 18.4. The van der Waals surface area contributed by atoms with Crippen LogP contribution in [0.2, 0.25) is 0 Å². The number of aliphatic hydroxyl groups is 1. The van der Waals surface area contributed by atoms with Crippen molar-refractivity contribution in [1.29, 1.82) is 0 Å². The van der Waals surface area contributed by atoms with Crippen LogP contribution in [0.5, 0.6) is 0 Å². The van der Waals surface area contributed by atoms with E-state index < -0.39 is 16.1 Å². The first kappa shape index (κ1) is 23.7. The maximum absolute atomic E-state index is 13.7. The third kappa shape index (κ3) is 5.65. The molecule has 1 N–H and O–H groups in total. The van der Waals surface area contributed by atoms with Crippen LogP contribution in [0.15, 0.2) is 96.9 Å². The Hall–Kier alpha value is -2.93. The second-order valence-electron chi connectivity index (χ2n) is 7.83. The number of sulfonamides is 1. The fourth-order valence-corrected chi connectivity index (χ4v) is 5.18. The van der Waals surface area contributed by atoms with Gasteiger partial charge in [0.15, 0.2) is 0 Å². The van der Waals surface area contributed by atoms with E-state index in [-0.39, 0.29) is 11.4 Å². The number of rotatable bonds is 11. The molecule has 0 fully saturated rings. The van der Waals surface area contributed by atoms with E-state index in [0.717, 1.165) is 16.3 Å². The average Bonchev–Trinajstić information content (AvgIpc) is 2.78. The van der Waals surface area contributed by atoms with Gasteiger partial charge < -0.3 is 5.11 Å². The number of nitrogens with zero attached hydrogens (tertiary/aromatic N) is 2. The minimum absolute atomic E-state index is 0.0665. The van der Waals surface area contributed by atoms with Crippen molar-refractivity contribution in [1.82, 2.24) is 4.90 Å². The third-order valence-corrected chi connectivity index (χ3v) is 7.04. The molecule has 0 radical (unpaired) electrons. The Bertz CT molecular complexity index is 1160. The number of aliphatic hydroxyl groups excluding tert-OH is 1. The van der Waals surface area contributed by atoms with Crippen LogP contribution in [0.4, 0.5) is 5.69 Å². The Labute approximate surface area is 191 Å². The lowest BCUT2D eigenvalue weighted by atomic mass is 10.1. The lowest BCUT2D eigenvalue weighted by molar-refractivity contribution is 0.132. The van der Waals surface area contributed by atoms with Crippen molar-refractivity contribution >= 4 is 26.5 Å². The standard InChI is InChI=1S/C26H30N2O3S/c1-4-16-27(17-5-2)19-25(29)20-28(24-13-10-21(3)11-14-24)32(30,31)26-15-12-22-8-6-7-9-23(22)18-26/h4-15,18,25,29H,1-2,16-17,19-20H2,3H3. The first-order valence-corrected chi connectivity index (χ1v) is 12.0. The maximum atomic E-state index is 13.7. The van der Waals surface area contributed by atoms with Gasteiger partial charge >= 0.3 is 0 Å². The van der Waals surface area contributed by atoms with E-state index in [4.69, 9.17) is 0 Å². The highest BCUT2D eigenvalue weighted by Crippen LogP contribution is 2.27. The van der Waals surface area contributed by atoms with Gasteiger partial charge in [0.05, 0.1) is 23.2 Å². The molecule has 1 atom stereocenters. The number of benzene rings is 3. The molecule has 0 spiro atoms. The minimum Gasteiger partial charge on any atom is -0.390 e. The molecule has 0 amide bonds. The van der Waals surface area contributed by atoms with Gasteiger partial charge in [-0.25, -0.2) is 8.42 Å². The largest absolute Gasteiger partial charge is 0.390 e. The van der Waals surface area contributed by atoms with E-state index in [9.17, 15) is 13.5 Å². The lowest BCUT2D eigenvalue weighted by Crippen LogP contribution is -2.43. The molecule has 0 bridgehead atoms. The molecule has 168 valence electrons. The molecular weight excluding hydrogens is 420 g/mol. The number of anilines is 1. The summed E-state index contributed by atoms with van der Waals surface area (Å²) in [4.78, 5) is 2.15. The molecule has 5 nitrogen and oxygen atoms in total. The highest BCUT2D eigenvalue weighted by Gasteiger charge is 2.28. The minimum atomic E-state index is -3.90. The van der Waals surface area contributed by atoms with E-state index in [2.05, 4.69) is 13.2 Å².